The Balaban J connectivity index is 2.67. The minimum atomic E-state index is -0.458. The highest BCUT2D eigenvalue weighted by molar-refractivity contribution is 5.76. The first kappa shape index (κ1) is 11.5. The molecule has 0 heterocycles. The smallest absolute Gasteiger partial charge is 0.248 e. The molecule has 1 aromatic carbocycles. The second kappa shape index (κ2) is 5.36. The fraction of sp³-hybridized carbons (Fsp3) is 0.364. The molecule has 0 aromatic heterocycles. The van der Waals surface area contributed by atoms with Gasteiger partial charge in [0.2, 0.25) is 5.91 Å². The van der Waals surface area contributed by atoms with Gasteiger partial charge in [-0.1, -0.05) is 12.1 Å². The van der Waals surface area contributed by atoms with Gasteiger partial charge < -0.3 is 14.7 Å². The lowest BCUT2D eigenvalue weighted by Gasteiger charge is -2.16. The Kier molecular flexibility index (Phi) is 4.12. The first-order valence-corrected chi connectivity index (χ1v) is 4.65. The standard InChI is InChI=1S/C11H15NO3/c1-12(11(14)8-13)7-9-4-3-5-10(6-9)15-2/h3-6,13H,7-8H2,1-2H3. The number of hydrogen-bond acceptors (Lipinski definition) is 3. The second-order valence-electron chi connectivity index (χ2n) is 3.26. The van der Waals surface area contributed by atoms with Crippen molar-refractivity contribution in [2.24, 2.45) is 0 Å². The third kappa shape index (κ3) is 3.25. The van der Waals surface area contributed by atoms with Crippen molar-refractivity contribution in [1.29, 1.82) is 0 Å². The van der Waals surface area contributed by atoms with E-state index in [0.29, 0.717) is 6.54 Å². The van der Waals surface area contributed by atoms with Gasteiger partial charge in [-0.25, -0.2) is 0 Å². The number of carbonyl (C=O) groups excluding carboxylic acids is 1. The molecule has 1 rings (SSSR count). The highest BCUT2D eigenvalue weighted by atomic mass is 16.5. The lowest BCUT2D eigenvalue weighted by molar-refractivity contribution is -0.133. The third-order valence-corrected chi connectivity index (χ3v) is 2.11. The van der Waals surface area contributed by atoms with Gasteiger partial charge >= 0.3 is 0 Å². The molecule has 0 bridgehead atoms. The molecule has 0 spiro atoms. The molecule has 0 aliphatic heterocycles. The van der Waals surface area contributed by atoms with E-state index < -0.39 is 6.61 Å². The summed E-state index contributed by atoms with van der Waals surface area (Å²) in [5.74, 6) is 0.468. The predicted octanol–water partition coefficient (Wildman–Crippen LogP) is 0.646. The number of carbonyl (C=O) groups is 1. The van der Waals surface area contributed by atoms with E-state index >= 15 is 0 Å². The normalized spacial score (nSPS) is 9.80. The van der Waals surface area contributed by atoms with E-state index in [2.05, 4.69) is 0 Å². The van der Waals surface area contributed by atoms with Gasteiger partial charge in [0, 0.05) is 13.6 Å². The first-order chi connectivity index (χ1) is 7.17. The Hall–Kier alpha value is -1.55. The summed E-state index contributed by atoms with van der Waals surface area (Å²) in [7, 11) is 3.25. The van der Waals surface area contributed by atoms with Crippen molar-refractivity contribution in [3.8, 4) is 5.75 Å². The number of aliphatic hydroxyl groups excluding tert-OH is 1. The van der Waals surface area contributed by atoms with E-state index in [0.717, 1.165) is 11.3 Å². The van der Waals surface area contributed by atoms with Gasteiger partial charge in [0.1, 0.15) is 12.4 Å². The molecule has 1 aromatic rings. The quantitative estimate of drug-likeness (QED) is 0.792. The summed E-state index contributed by atoms with van der Waals surface area (Å²) >= 11 is 0. The Morgan fingerprint density at radius 1 is 1.53 bits per heavy atom. The summed E-state index contributed by atoms with van der Waals surface area (Å²) < 4.78 is 5.07. The fourth-order valence-electron chi connectivity index (χ4n) is 1.25. The number of rotatable bonds is 4. The third-order valence-electron chi connectivity index (χ3n) is 2.11. The van der Waals surface area contributed by atoms with Crippen LogP contribution >= 0.6 is 0 Å². The van der Waals surface area contributed by atoms with Gasteiger partial charge in [-0.15, -0.1) is 0 Å². The maximum absolute atomic E-state index is 11.1. The maximum atomic E-state index is 11.1. The molecule has 0 saturated heterocycles. The average molecular weight is 209 g/mol. The maximum Gasteiger partial charge on any atom is 0.248 e. The molecule has 1 N–H and O–H groups in total. The van der Waals surface area contributed by atoms with E-state index in [1.165, 1.54) is 4.90 Å². The molecule has 4 heteroatoms. The van der Waals surface area contributed by atoms with E-state index in [1.54, 1.807) is 14.2 Å². The lowest BCUT2D eigenvalue weighted by Crippen LogP contribution is -2.28. The van der Waals surface area contributed by atoms with Crippen LogP contribution in [-0.4, -0.2) is 36.7 Å². The van der Waals surface area contributed by atoms with Crippen LogP contribution in [0.25, 0.3) is 0 Å². The number of aliphatic hydroxyl groups is 1. The van der Waals surface area contributed by atoms with Crippen molar-refractivity contribution in [2.75, 3.05) is 20.8 Å². The minimum Gasteiger partial charge on any atom is -0.497 e. The SMILES string of the molecule is COc1cccc(CN(C)C(=O)CO)c1. The number of likely N-dealkylation sites (N-methyl/N-ethyl adjacent to an activating group) is 1. The predicted molar refractivity (Wildman–Crippen MR) is 56.6 cm³/mol. The van der Waals surface area contributed by atoms with Crippen LogP contribution in [0.3, 0.4) is 0 Å². The Labute approximate surface area is 89.1 Å². The molecule has 0 fully saturated rings. The summed E-state index contributed by atoms with van der Waals surface area (Å²) in [6.07, 6.45) is 0. The van der Waals surface area contributed by atoms with Crippen LogP contribution < -0.4 is 4.74 Å². The van der Waals surface area contributed by atoms with Gasteiger partial charge in [0.25, 0.3) is 0 Å². The van der Waals surface area contributed by atoms with Gasteiger partial charge in [-0.3, -0.25) is 4.79 Å². The van der Waals surface area contributed by atoms with Crippen molar-refractivity contribution in [2.45, 2.75) is 6.54 Å². The van der Waals surface area contributed by atoms with Gasteiger partial charge in [-0.2, -0.15) is 0 Å². The summed E-state index contributed by atoms with van der Waals surface area (Å²) in [4.78, 5) is 12.6. The molecule has 0 saturated carbocycles. The number of methoxy groups -OCH3 is 1. The van der Waals surface area contributed by atoms with Gasteiger partial charge in [0.05, 0.1) is 7.11 Å². The van der Waals surface area contributed by atoms with E-state index in [9.17, 15) is 4.79 Å². The van der Waals surface area contributed by atoms with Crippen LogP contribution in [0.1, 0.15) is 5.56 Å². The molecule has 0 unspecified atom stereocenters. The monoisotopic (exact) mass is 209 g/mol. The molecule has 0 atom stereocenters. The van der Waals surface area contributed by atoms with Crippen LogP contribution in [0.4, 0.5) is 0 Å². The highest BCUT2D eigenvalue weighted by Crippen LogP contribution is 2.13. The Bertz CT molecular complexity index is 338. The second-order valence-corrected chi connectivity index (χ2v) is 3.26. The first-order valence-electron chi connectivity index (χ1n) is 4.65. The average Bonchev–Trinajstić information content (AvgIpc) is 2.28. The number of hydrogen-bond donors (Lipinski definition) is 1. The summed E-state index contributed by atoms with van der Waals surface area (Å²) in [5.41, 5.74) is 0.971. The van der Waals surface area contributed by atoms with Crippen LogP contribution in [0.15, 0.2) is 24.3 Å². The number of ether oxygens (including phenoxy) is 1. The Morgan fingerprint density at radius 2 is 2.27 bits per heavy atom. The lowest BCUT2D eigenvalue weighted by atomic mass is 10.2. The van der Waals surface area contributed by atoms with Crippen molar-refractivity contribution in [3.63, 3.8) is 0 Å². The van der Waals surface area contributed by atoms with E-state index in [-0.39, 0.29) is 5.91 Å². The van der Waals surface area contributed by atoms with Crippen molar-refractivity contribution < 1.29 is 14.6 Å². The van der Waals surface area contributed by atoms with E-state index in [1.807, 2.05) is 24.3 Å². The van der Waals surface area contributed by atoms with Gasteiger partial charge in [-0.05, 0) is 17.7 Å². The molecule has 0 aliphatic carbocycles. The van der Waals surface area contributed by atoms with E-state index in [4.69, 9.17) is 9.84 Å². The largest absolute Gasteiger partial charge is 0.497 e. The number of amides is 1. The molecular formula is C11H15NO3. The van der Waals surface area contributed by atoms with Crippen LogP contribution in [-0.2, 0) is 11.3 Å². The summed E-state index contributed by atoms with van der Waals surface area (Å²) in [6.45, 7) is 0.0110. The number of benzene rings is 1. The molecular weight excluding hydrogens is 194 g/mol. The minimum absolute atomic E-state index is 0.294. The Morgan fingerprint density at radius 3 is 2.87 bits per heavy atom. The number of nitrogens with zero attached hydrogens (tertiary/aromatic N) is 1. The van der Waals surface area contributed by atoms with Gasteiger partial charge in [0.15, 0.2) is 0 Å². The fourth-order valence-corrected chi connectivity index (χ4v) is 1.25. The zero-order valence-electron chi connectivity index (χ0n) is 8.93. The summed E-state index contributed by atoms with van der Waals surface area (Å²) in [6, 6.07) is 7.48. The topological polar surface area (TPSA) is 49.8 Å². The van der Waals surface area contributed by atoms with Crippen LogP contribution in [0.2, 0.25) is 0 Å². The molecule has 82 valence electrons. The zero-order chi connectivity index (χ0) is 11.3. The molecule has 0 radical (unpaired) electrons. The van der Waals surface area contributed by atoms with Crippen molar-refractivity contribution in [1.82, 2.24) is 4.90 Å². The zero-order valence-corrected chi connectivity index (χ0v) is 8.93. The molecule has 1 amide bonds. The molecule has 15 heavy (non-hydrogen) atoms. The molecule has 0 aliphatic rings. The molecule has 4 nitrogen and oxygen atoms in total. The summed E-state index contributed by atoms with van der Waals surface area (Å²) in [5, 5.41) is 8.67. The highest BCUT2D eigenvalue weighted by Gasteiger charge is 2.07. The van der Waals surface area contributed by atoms with Crippen LogP contribution in [0.5, 0.6) is 5.75 Å². The van der Waals surface area contributed by atoms with Crippen molar-refractivity contribution >= 4 is 5.91 Å². The van der Waals surface area contributed by atoms with Crippen LogP contribution in [0, 0.1) is 0 Å². The van der Waals surface area contributed by atoms with Crippen molar-refractivity contribution in [3.05, 3.63) is 29.8 Å².